The quantitative estimate of drug-likeness (QED) is 0.175. The van der Waals surface area contributed by atoms with Gasteiger partial charge in [0.25, 0.3) is 0 Å². The largest absolute Gasteiger partial charge is 0.464 e. The van der Waals surface area contributed by atoms with Crippen molar-refractivity contribution >= 4 is 22.7 Å². The summed E-state index contributed by atoms with van der Waals surface area (Å²) in [6.45, 7) is 0. The van der Waals surface area contributed by atoms with E-state index < -0.39 is 5.41 Å². The second kappa shape index (κ2) is 13.4. The molecule has 2 aliphatic rings. The van der Waals surface area contributed by atoms with Gasteiger partial charge in [-0.1, -0.05) is 163 Å². The fourth-order valence-electron chi connectivity index (χ4n) is 9.43. The Kier molecular flexibility index (Phi) is 7.69. The first kappa shape index (κ1) is 33.8. The molecule has 10 aromatic rings. The van der Waals surface area contributed by atoms with Crippen LogP contribution in [0.2, 0.25) is 0 Å². The van der Waals surface area contributed by atoms with Gasteiger partial charge in [-0.2, -0.15) is 0 Å². The van der Waals surface area contributed by atoms with Crippen LogP contribution in [0.1, 0.15) is 22.3 Å². The molecule has 0 saturated carbocycles. The van der Waals surface area contributed by atoms with E-state index in [1.165, 1.54) is 54.3 Å². The highest BCUT2D eigenvalue weighted by Crippen LogP contribution is 2.63. The number of hydrogen-bond acceptors (Lipinski definition) is 4. The van der Waals surface area contributed by atoms with Gasteiger partial charge in [-0.3, -0.25) is 0 Å². The predicted octanol–water partition coefficient (Wildman–Crippen LogP) is 14.4. The van der Waals surface area contributed by atoms with Crippen molar-refractivity contribution in [3.8, 4) is 67.3 Å². The van der Waals surface area contributed by atoms with Gasteiger partial charge in [0.2, 0.25) is 0 Å². The summed E-state index contributed by atoms with van der Waals surface area (Å²) in [6, 6.07) is 72.0. The van der Waals surface area contributed by atoms with Gasteiger partial charge in [-0.15, -0.1) is 0 Å². The van der Waals surface area contributed by atoms with Crippen molar-refractivity contribution < 1.29 is 4.42 Å². The Hall–Kier alpha value is -7.27. The maximum atomic E-state index is 5.97. The Labute approximate surface area is 346 Å². The molecule has 2 aromatic heterocycles. The minimum absolute atomic E-state index is 0.481. The Balaban J connectivity index is 0.988. The minimum atomic E-state index is -0.481. The molecule has 3 nitrogen and oxygen atoms in total. The van der Waals surface area contributed by atoms with E-state index in [9.17, 15) is 0 Å². The molecule has 12 rings (SSSR count). The molecule has 0 saturated heterocycles. The van der Waals surface area contributed by atoms with Crippen LogP contribution in [0.25, 0.3) is 78.3 Å². The fraction of sp³-hybridized carbons (Fsp3) is 0.0182. The lowest BCUT2D eigenvalue weighted by Crippen LogP contribution is -2.32. The van der Waals surface area contributed by atoms with Crippen LogP contribution in [0.15, 0.2) is 221 Å². The maximum Gasteiger partial charge on any atom is 0.160 e. The summed E-state index contributed by atoms with van der Waals surface area (Å²) < 4.78 is 5.97. The van der Waals surface area contributed by atoms with Crippen molar-refractivity contribution in [2.24, 2.45) is 0 Å². The molecular formula is C55H34N2OS. The van der Waals surface area contributed by atoms with Gasteiger partial charge in [0.15, 0.2) is 5.82 Å². The van der Waals surface area contributed by atoms with Crippen LogP contribution in [0.3, 0.4) is 0 Å². The Morgan fingerprint density at radius 3 is 1.76 bits per heavy atom. The summed E-state index contributed by atoms with van der Waals surface area (Å²) in [5, 5.41) is 1.16. The second-order valence-corrected chi connectivity index (χ2v) is 16.4. The fourth-order valence-corrected chi connectivity index (χ4v) is 10.6. The van der Waals surface area contributed by atoms with E-state index in [0.717, 1.165) is 50.2 Å². The zero-order chi connectivity index (χ0) is 38.9. The van der Waals surface area contributed by atoms with Crippen molar-refractivity contribution in [1.29, 1.82) is 0 Å². The van der Waals surface area contributed by atoms with Crippen molar-refractivity contribution in [3.05, 3.63) is 229 Å². The monoisotopic (exact) mass is 770 g/mol. The molecule has 8 aromatic carbocycles. The molecule has 0 radical (unpaired) electrons. The molecule has 1 spiro atoms. The summed E-state index contributed by atoms with van der Waals surface area (Å²) in [7, 11) is 0. The van der Waals surface area contributed by atoms with Gasteiger partial charge in [0.1, 0.15) is 5.58 Å². The van der Waals surface area contributed by atoms with Crippen LogP contribution in [-0.2, 0) is 5.41 Å². The summed E-state index contributed by atoms with van der Waals surface area (Å²) in [5.74, 6) is 0.710. The molecule has 0 N–H and O–H groups in total. The highest BCUT2D eigenvalue weighted by Gasteiger charge is 2.50. The molecule has 1 aliphatic heterocycles. The molecule has 0 amide bonds. The zero-order valence-corrected chi connectivity index (χ0v) is 32.7. The Morgan fingerprint density at radius 1 is 0.390 bits per heavy atom. The Bertz CT molecular complexity index is 3200. The number of hydrogen-bond donors (Lipinski definition) is 0. The van der Waals surface area contributed by atoms with Gasteiger partial charge in [0.05, 0.1) is 23.1 Å². The van der Waals surface area contributed by atoms with Gasteiger partial charge >= 0.3 is 0 Å². The van der Waals surface area contributed by atoms with Crippen LogP contribution in [0.5, 0.6) is 0 Å². The predicted molar refractivity (Wildman–Crippen MR) is 240 cm³/mol. The van der Waals surface area contributed by atoms with E-state index in [-0.39, 0.29) is 0 Å². The number of fused-ring (bicyclic) bond motifs is 11. The van der Waals surface area contributed by atoms with Gasteiger partial charge < -0.3 is 4.42 Å². The lowest BCUT2D eigenvalue weighted by molar-refractivity contribution is 0.615. The van der Waals surface area contributed by atoms with E-state index in [4.69, 9.17) is 14.4 Å². The average Bonchev–Trinajstić information content (AvgIpc) is 3.91. The lowest BCUT2D eigenvalue weighted by atomic mass is 9.67. The van der Waals surface area contributed by atoms with E-state index in [2.05, 4.69) is 176 Å². The maximum absolute atomic E-state index is 5.97. The molecular weight excluding hydrogens is 737 g/mol. The zero-order valence-electron chi connectivity index (χ0n) is 31.8. The summed E-state index contributed by atoms with van der Waals surface area (Å²) in [5.41, 5.74) is 17.7. The molecule has 1 atom stereocenters. The normalized spacial score (nSPS) is 14.8. The third kappa shape index (κ3) is 5.30. The van der Waals surface area contributed by atoms with Crippen molar-refractivity contribution in [1.82, 2.24) is 9.97 Å². The molecule has 276 valence electrons. The highest BCUT2D eigenvalue weighted by molar-refractivity contribution is 7.99. The number of benzene rings is 8. The van der Waals surface area contributed by atoms with Crippen LogP contribution in [0.4, 0.5) is 0 Å². The molecule has 59 heavy (non-hydrogen) atoms. The van der Waals surface area contributed by atoms with Crippen LogP contribution in [0, 0.1) is 0 Å². The molecule has 4 heteroatoms. The summed E-state index contributed by atoms with van der Waals surface area (Å²) >= 11 is 1.87. The Morgan fingerprint density at radius 2 is 0.983 bits per heavy atom. The first-order valence-corrected chi connectivity index (χ1v) is 20.8. The third-order valence-corrected chi connectivity index (χ3v) is 13.2. The van der Waals surface area contributed by atoms with E-state index >= 15 is 0 Å². The average molecular weight is 771 g/mol. The first-order chi connectivity index (χ1) is 29.2. The van der Waals surface area contributed by atoms with Crippen LogP contribution in [-0.4, -0.2) is 9.97 Å². The SMILES string of the molecule is c1ccc(-c2cc(-c3cccc(-c4cccc(-c5ccc6c(c5)C5(c7ccccc7S6)c6ccccc6-c6c5ccc5occc65)c4)c3)nc(-c3ccccc3)n2)cc1. The van der Waals surface area contributed by atoms with Crippen molar-refractivity contribution in [2.75, 3.05) is 0 Å². The second-order valence-electron chi connectivity index (χ2n) is 15.3. The van der Waals surface area contributed by atoms with Crippen molar-refractivity contribution in [2.45, 2.75) is 15.2 Å². The number of nitrogens with zero attached hydrogens (tertiary/aromatic N) is 2. The van der Waals surface area contributed by atoms with Gasteiger partial charge in [0, 0.05) is 31.9 Å². The van der Waals surface area contributed by atoms with E-state index in [1.54, 1.807) is 0 Å². The standard InChI is InChI=1S/C55H34N2OS/c1-3-13-35(14-4-1)48-34-49(57-54(56-48)36-15-5-2-6-16-36)41-20-12-19-39(32-41)37-17-11-18-38(31-37)40-25-28-52-47(33-40)55(45-23-9-10-24-51(45)59-52)44-22-8-7-21-42(44)53-43-29-30-58-50(43)27-26-46(53)55/h1-34H. The highest BCUT2D eigenvalue weighted by atomic mass is 32.2. The third-order valence-electron chi connectivity index (χ3n) is 12.0. The first-order valence-electron chi connectivity index (χ1n) is 20.0. The van der Waals surface area contributed by atoms with E-state index in [0.29, 0.717) is 5.82 Å². The van der Waals surface area contributed by atoms with Gasteiger partial charge in [-0.25, -0.2) is 9.97 Å². The molecule has 1 aliphatic carbocycles. The smallest absolute Gasteiger partial charge is 0.160 e. The van der Waals surface area contributed by atoms with Crippen LogP contribution < -0.4 is 0 Å². The molecule has 0 bridgehead atoms. The van der Waals surface area contributed by atoms with Crippen molar-refractivity contribution in [3.63, 3.8) is 0 Å². The lowest BCUT2D eigenvalue weighted by Gasteiger charge is -2.40. The molecule has 3 heterocycles. The molecule has 0 fully saturated rings. The molecule has 1 unspecified atom stereocenters. The van der Waals surface area contributed by atoms with E-state index in [1.807, 2.05) is 42.3 Å². The van der Waals surface area contributed by atoms with Crippen LogP contribution >= 0.6 is 11.8 Å². The topological polar surface area (TPSA) is 38.9 Å². The number of rotatable bonds is 5. The number of aromatic nitrogens is 2. The summed E-state index contributed by atoms with van der Waals surface area (Å²) in [4.78, 5) is 12.7. The van der Waals surface area contributed by atoms with Gasteiger partial charge in [-0.05, 0) is 104 Å². The number of furan rings is 1. The summed E-state index contributed by atoms with van der Waals surface area (Å²) in [6.07, 6.45) is 1.81. The minimum Gasteiger partial charge on any atom is -0.464 e.